The minimum absolute atomic E-state index is 0.564. The summed E-state index contributed by atoms with van der Waals surface area (Å²) in [5.41, 5.74) is 1.42. The van der Waals surface area contributed by atoms with E-state index in [2.05, 4.69) is 0 Å². The smallest absolute Gasteiger partial charge is 0.466 e. The lowest BCUT2D eigenvalue weighted by atomic mass is 9.74. The summed E-state index contributed by atoms with van der Waals surface area (Å²) in [5.74, 6) is -0.715. The summed E-state index contributed by atoms with van der Waals surface area (Å²) in [4.78, 5) is 33.4. The number of carbonyl (C=O) groups is 1. The molecule has 2 rings (SSSR count). The summed E-state index contributed by atoms with van der Waals surface area (Å²) < 4.78 is 8.88. The first-order chi connectivity index (χ1) is 11.7. The third-order valence-corrected chi connectivity index (χ3v) is 3.90. The number of hydrogen-bond donors (Lipinski definition) is 4. The molecular weight excluding hydrogens is 343 g/mol. The lowest BCUT2D eigenvalue weighted by Crippen LogP contribution is -2.35. The average Bonchev–Trinajstić information content (AvgIpc) is 2.54. The molecule has 0 aliphatic rings. The van der Waals surface area contributed by atoms with Crippen LogP contribution in [0.5, 0.6) is 0 Å². The first-order valence-electron chi connectivity index (χ1n) is 7.76. The van der Waals surface area contributed by atoms with Crippen molar-refractivity contribution >= 4 is 13.8 Å². The highest BCUT2D eigenvalue weighted by atomic mass is 31.2. The Labute approximate surface area is 147 Å². The lowest BCUT2D eigenvalue weighted by molar-refractivity contribution is -0.149. The number of hydrogen-bond acceptors (Lipinski definition) is 2. The van der Waals surface area contributed by atoms with Gasteiger partial charge in [0.2, 0.25) is 0 Å². The van der Waals surface area contributed by atoms with Gasteiger partial charge in [0.25, 0.3) is 0 Å². The van der Waals surface area contributed by atoms with Crippen molar-refractivity contribution in [2.45, 2.75) is 26.2 Å². The second-order valence-electron chi connectivity index (χ2n) is 5.78. The molecular formula is C18H23O6P. The van der Waals surface area contributed by atoms with Crippen molar-refractivity contribution in [1.29, 1.82) is 0 Å². The Bertz CT molecular complexity index is 646. The maximum atomic E-state index is 11.9. The Kier molecular flexibility index (Phi) is 8.00. The number of aliphatic carboxylic acids is 1. The highest BCUT2D eigenvalue weighted by Crippen LogP contribution is 2.32. The van der Waals surface area contributed by atoms with E-state index in [1.807, 2.05) is 67.6 Å². The topological polar surface area (TPSA) is 115 Å². The maximum Gasteiger partial charge on any atom is 0.466 e. The molecule has 0 saturated carbocycles. The number of rotatable bonds is 6. The molecule has 0 spiro atoms. The molecule has 2 aromatic carbocycles. The molecule has 0 aromatic heterocycles. The average molecular weight is 366 g/mol. The SMILES string of the molecule is CCC(Cc1ccccc1)(Cc1ccccc1)C(=O)O.O=P(O)(O)O. The van der Waals surface area contributed by atoms with E-state index in [0.29, 0.717) is 19.3 Å². The normalized spacial score (nSPS) is 11.4. The molecule has 0 unspecified atom stereocenters. The first-order valence-corrected chi connectivity index (χ1v) is 9.32. The zero-order valence-corrected chi connectivity index (χ0v) is 14.8. The zero-order valence-electron chi connectivity index (χ0n) is 13.9. The summed E-state index contributed by atoms with van der Waals surface area (Å²) in [6, 6.07) is 19.7. The van der Waals surface area contributed by atoms with E-state index in [4.69, 9.17) is 19.2 Å². The fourth-order valence-electron chi connectivity index (χ4n) is 2.59. The molecule has 0 atom stereocenters. The van der Waals surface area contributed by atoms with Crippen molar-refractivity contribution in [2.24, 2.45) is 5.41 Å². The van der Waals surface area contributed by atoms with Crippen LogP contribution in [0, 0.1) is 5.41 Å². The highest BCUT2D eigenvalue weighted by Gasteiger charge is 2.36. The van der Waals surface area contributed by atoms with Gasteiger partial charge < -0.3 is 19.8 Å². The Morgan fingerprint density at radius 2 is 1.20 bits per heavy atom. The molecule has 0 saturated heterocycles. The molecule has 4 N–H and O–H groups in total. The van der Waals surface area contributed by atoms with Crippen LogP contribution in [0.15, 0.2) is 60.7 Å². The van der Waals surface area contributed by atoms with E-state index in [1.54, 1.807) is 0 Å². The van der Waals surface area contributed by atoms with Gasteiger partial charge in [-0.05, 0) is 30.4 Å². The Morgan fingerprint density at radius 3 is 1.44 bits per heavy atom. The summed E-state index contributed by atoms with van der Waals surface area (Å²) >= 11 is 0. The molecule has 7 heteroatoms. The fourth-order valence-corrected chi connectivity index (χ4v) is 2.59. The van der Waals surface area contributed by atoms with E-state index < -0.39 is 19.2 Å². The minimum atomic E-state index is -4.64. The van der Waals surface area contributed by atoms with E-state index >= 15 is 0 Å². The quantitative estimate of drug-likeness (QED) is 0.584. The highest BCUT2D eigenvalue weighted by molar-refractivity contribution is 7.45. The molecule has 25 heavy (non-hydrogen) atoms. The second-order valence-corrected chi connectivity index (χ2v) is 6.80. The molecule has 0 radical (unpaired) electrons. The van der Waals surface area contributed by atoms with Crippen LogP contribution >= 0.6 is 7.82 Å². The summed E-state index contributed by atoms with van der Waals surface area (Å²) in [6.07, 6.45) is 1.75. The summed E-state index contributed by atoms with van der Waals surface area (Å²) in [7, 11) is -4.64. The standard InChI is InChI=1S/C18H20O2.H3O4P/c1-2-18(17(19)20,13-15-9-5-3-6-10-15)14-16-11-7-4-8-12-16;1-5(2,3)4/h3-12H,2,13-14H2,1H3,(H,19,20);(H3,1,2,3,4). The van der Waals surface area contributed by atoms with Gasteiger partial charge in [-0.2, -0.15) is 0 Å². The van der Waals surface area contributed by atoms with Gasteiger partial charge in [0.05, 0.1) is 5.41 Å². The number of carboxylic acid groups (broad SMARTS) is 1. The van der Waals surface area contributed by atoms with Gasteiger partial charge in [0.15, 0.2) is 0 Å². The van der Waals surface area contributed by atoms with Crippen molar-refractivity contribution in [1.82, 2.24) is 0 Å². The van der Waals surface area contributed by atoms with Crippen LogP contribution in [-0.2, 0) is 22.2 Å². The Balaban J connectivity index is 0.000000550. The molecule has 0 amide bonds. The van der Waals surface area contributed by atoms with Gasteiger partial charge in [-0.25, -0.2) is 4.57 Å². The predicted octanol–water partition coefficient (Wildman–Crippen LogP) is 3.02. The second kappa shape index (κ2) is 9.49. The van der Waals surface area contributed by atoms with Gasteiger partial charge in [0, 0.05) is 0 Å². The third-order valence-electron chi connectivity index (χ3n) is 3.90. The van der Waals surface area contributed by atoms with Crippen molar-refractivity contribution in [2.75, 3.05) is 0 Å². The van der Waals surface area contributed by atoms with Crippen molar-refractivity contribution < 1.29 is 29.1 Å². The molecule has 0 bridgehead atoms. The lowest BCUT2D eigenvalue weighted by Gasteiger charge is -2.28. The van der Waals surface area contributed by atoms with Crippen LogP contribution in [0.2, 0.25) is 0 Å². The molecule has 0 aliphatic heterocycles. The van der Waals surface area contributed by atoms with E-state index in [0.717, 1.165) is 11.1 Å². The van der Waals surface area contributed by atoms with Crippen LogP contribution < -0.4 is 0 Å². The van der Waals surface area contributed by atoms with Gasteiger partial charge in [-0.1, -0.05) is 67.6 Å². The molecule has 2 aromatic rings. The van der Waals surface area contributed by atoms with Crippen LogP contribution in [0.4, 0.5) is 0 Å². The molecule has 0 aliphatic carbocycles. The van der Waals surface area contributed by atoms with Crippen LogP contribution in [0.1, 0.15) is 24.5 Å². The Morgan fingerprint density at radius 1 is 0.880 bits per heavy atom. The van der Waals surface area contributed by atoms with Crippen LogP contribution in [0.3, 0.4) is 0 Å². The zero-order chi connectivity index (χ0) is 18.9. The van der Waals surface area contributed by atoms with Gasteiger partial charge >= 0.3 is 13.8 Å². The van der Waals surface area contributed by atoms with Crippen molar-refractivity contribution in [3.63, 3.8) is 0 Å². The van der Waals surface area contributed by atoms with Crippen LogP contribution in [-0.4, -0.2) is 25.8 Å². The molecule has 6 nitrogen and oxygen atoms in total. The van der Waals surface area contributed by atoms with Crippen molar-refractivity contribution in [3.05, 3.63) is 71.8 Å². The van der Waals surface area contributed by atoms with Gasteiger partial charge in [-0.3, -0.25) is 4.79 Å². The summed E-state index contributed by atoms with van der Waals surface area (Å²) in [5, 5.41) is 9.75. The van der Waals surface area contributed by atoms with Crippen LogP contribution in [0.25, 0.3) is 0 Å². The molecule has 0 heterocycles. The summed E-state index contributed by atoms with van der Waals surface area (Å²) in [6.45, 7) is 1.96. The number of phosphoric acid groups is 1. The largest absolute Gasteiger partial charge is 0.481 e. The fraction of sp³-hybridized carbons (Fsp3) is 0.278. The van der Waals surface area contributed by atoms with E-state index in [9.17, 15) is 9.90 Å². The van der Waals surface area contributed by atoms with Gasteiger partial charge in [0.1, 0.15) is 0 Å². The maximum absolute atomic E-state index is 11.9. The first kappa shape index (κ1) is 21.1. The predicted molar refractivity (Wildman–Crippen MR) is 94.9 cm³/mol. The number of benzene rings is 2. The third kappa shape index (κ3) is 8.09. The molecule has 0 fully saturated rings. The van der Waals surface area contributed by atoms with E-state index in [1.165, 1.54) is 0 Å². The van der Waals surface area contributed by atoms with Crippen molar-refractivity contribution in [3.8, 4) is 0 Å². The Hall–Kier alpha value is -1.98. The number of carboxylic acids is 1. The molecule has 136 valence electrons. The monoisotopic (exact) mass is 366 g/mol. The van der Waals surface area contributed by atoms with Gasteiger partial charge in [-0.15, -0.1) is 0 Å². The van der Waals surface area contributed by atoms with E-state index in [-0.39, 0.29) is 0 Å². The minimum Gasteiger partial charge on any atom is -0.481 e.